The highest BCUT2D eigenvalue weighted by Gasteiger charge is 2.64. The number of hydrogen-bond donors (Lipinski definition) is 2. The van der Waals surface area contributed by atoms with E-state index < -0.39 is 30.1 Å². The average Bonchev–Trinajstić information content (AvgIpc) is 3.07. The van der Waals surface area contributed by atoms with Crippen molar-refractivity contribution in [1.82, 2.24) is 5.01 Å². The highest BCUT2D eigenvalue weighted by molar-refractivity contribution is 6.40. The van der Waals surface area contributed by atoms with Crippen molar-refractivity contribution in [2.45, 2.75) is 50.4 Å². The van der Waals surface area contributed by atoms with Gasteiger partial charge in [-0.1, -0.05) is 31.4 Å². The lowest BCUT2D eigenvalue weighted by Gasteiger charge is -2.32. The van der Waals surface area contributed by atoms with Crippen molar-refractivity contribution in [3.8, 4) is 5.75 Å². The Bertz CT molecular complexity index is 821. The average molecular weight is 413 g/mol. The molecule has 1 aliphatic carbocycles. The quantitative estimate of drug-likeness (QED) is 0.746. The smallest absolute Gasteiger partial charge is 0.438 e. The van der Waals surface area contributed by atoms with E-state index in [0.717, 1.165) is 19.3 Å². The van der Waals surface area contributed by atoms with Gasteiger partial charge in [-0.25, -0.2) is 0 Å². The SMILES string of the molecule is COc1ccccc1NC(=O)C(=O)N1N=C(C2CCCCC2)C[C@]1(O)C(F)(F)F. The first-order valence-corrected chi connectivity index (χ1v) is 9.32. The number of aliphatic hydroxyl groups is 1. The fourth-order valence-corrected chi connectivity index (χ4v) is 3.69. The number of carbonyl (C=O) groups is 2. The Hall–Kier alpha value is -2.62. The molecule has 2 aliphatic rings. The van der Waals surface area contributed by atoms with Crippen LogP contribution in [0.1, 0.15) is 38.5 Å². The van der Waals surface area contributed by atoms with Gasteiger partial charge in [0, 0.05) is 12.1 Å². The Labute approximate surface area is 165 Å². The van der Waals surface area contributed by atoms with Crippen molar-refractivity contribution in [2.75, 3.05) is 12.4 Å². The largest absolute Gasteiger partial charge is 0.495 e. The van der Waals surface area contributed by atoms with Gasteiger partial charge in [0.05, 0.1) is 12.8 Å². The van der Waals surface area contributed by atoms with E-state index in [9.17, 15) is 27.9 Å². The maximum Gasteiger partial charge on any atom is 0.438 e. The number of rotatable bonds is 3. The predicted molar refractivity (Wildman–Crippen MR) is 98.1 cm³/mol. The van der Waals surface area contributed by atoms with Crippen molar-refractivity contribution in [3.05, 3.63) is 24.3 Å². The van der Waals surface area contributed by atoms with E-state index in [-0.39, 0.29) is 28.1 Å². The van der Waals surface area contributed by atoms with Gasteiger partial charge in [0.1, 0.15) is 5.75 Å². The minimum absolute atomic E-state index is 0.1000. The molecule has 0 radical (unpaired) electrons. The second kappa shape index (κ2) is 8.02. The number of carbonyl (C=O) groups excluding carboxylic acids is 2. The van der Waals surface area contributed by atoms with Gasteiger partial charge in [0.15, 0.2) is 0 Å². The number of methoxy groups -OCH3 is 1. The molecule has 7 nitrogen and oxygen atoms in total. The number of anilines is 1. The topological polar surface area (TPSA) is 91.2 Å². The third kappa shape index (κ3) is 4.07. The highest BCUT2D eigenvalue weighted by atomic mass is 19.4. The van der Waals surface area contributed by atoms with Crippen LogP contribution >= 0.6 is 0 Å². The molecule has 158 valence electrons. The molecule has 0 aromatic heterocycles. The van der Waals surface area contributed by atoms with Crippen LogP contribution in [-0.2, 0) is 9.59 Å². The first-order valence-electron chi connectivity index (χ1n) is 9.32. The van der Waals surface area contributed by atoms with Gasteiger partial charge in [-0.15, -0.1) is 0 Å². The fraction of sp³-hybridized carbons (Fsp3) is 0.526. The first-order chi connectivity index (χ1) is 13.7. The summed E-state index contributed by atoms with van der Waals surface area (Å²) in [4.78, 5) is 24.9. The van der Waals surface area contributed by atoms with Gasteiger partial charge in [0.2, 0.25) is 0 Å². The molecule has 1 atom stereocenters. The molecule has 1 aromatic rings. The van der Waals surface area contributed by atoms with Gasteiger partial charge in [-0.05, 0) is 30.9 Å². The summed E-state index contributed by atoms with van der Waals surface area (Å²) in [6.07, 6.45) is -2.07. The maximum absolute atomic E-state index is 13.6. The van der Waals surface area contributed by atoms with Crippen LogP contribution in [0.3, 0.4) is 0 Å². The minimum atomic E-state index is -5.17. The molecule has 29 heavy (non-hydrogen) atoms. The molecule has 1 fully saturated rings. The summed E-state index contributed by atoms with van der Waals surface area (Å²) in [6.45, 7) is 0. The van der Waals surface area contributed by atoms with Crippen molar-refractivity contribution in [3.63, 3.8) is 0 Å². The summed E-state index contributed by atoms with van der Waals surface area (Å²) in [5.41, 5.74) is -3.34. The molecule has 0 saturated heterocycles. The van der Waals surface area contributed by atoms with E-state index in [4.69, 9.17) is 4.74 Å². The molecular weight excluding hydrogens is 391 g/mol. The van der Waals surface area contributed by atoms with Crippen LogP contribution in [0.25, 0.3) is 0 Å². The summed E-state index contributed by atoms with van der Waals surface area (Å²) in [7, 11) is 1.34. The number of alkyl halides is 3. The van der Waals surface area contributed by atoms with Crippen LogP contribution in [0.15, 0.2) is 29.4 Å². The highest BCUT2D eigenvalue weighted by Crippen LogP contribution is 2.43. The van der Waals surface area contributed by atoms with Gasteiger partial charge in [-0.2, -0.15) is 23.3 Å². The van der Waals surface area contributed by atoms with Crippen LogP contribution in [0.4, 0.5) is 18.9 Å². The summed E-state index contributed by atoms with van der Waals surface area (Å²) in [5.74, 6) is -2.97. The van der Waals surface area contributed by atoms with E-state index in [0.29, 0.717) is 12.8 Å². The summed E-state index contributed by atoms with van der Waals surface area (Å²) in [5, 5.41) is 16.2. The molecule has 0 bridgehead atoms. The van der Waals surface area contributed by atoms with Crippen LogP contribution in [0.2, 0.25) is 0 Å². The molecule has 3 rings (SSSR count). The van der Waals surface area contributed by atoms with Gasteiger partial charge in [-0.3, -0.25) is 9.59 Å². The normalized spacial score (nSPS) is 22.9. The summed E-state index contributed by atoms with van der Waals surface area (Å²) < 4.78 is 46.0. The van der Waals surface area contributed by atoms with Crippen molar-refractivity contribution in [1.29, 1.82) is 0 Å². The Balaban J connectivity index is 1.86. The molecule has 10 heteroatoms. The Morgan fingerprint density at radius 2 is 1.90 bits per heavy atom. The Morgan fingerprint density at radius 1 is 1.24 bits per heavy atom. The monoisotopic (exact) mass is 413 g/mol. The zero-order chi connectivity index (χ0) is 21.2. The number of nitrogens with one attached hydrogen (secondary N) is 1. The number of nitrogens with zero attached hydrogens (tertiary/aromatic N) is 2. The van der Waals surface area contributed by atoms with E-state index >= 15 is 0 Å². The van der Waals surface area contributed by atoms with E-state index in [1.54, 1.807) is 12.1 Å². The lowest BCUT2D eigenvalue weighted by atomic mass is 9.83. The molecule has 1 aliphatic heterocycles. The molecule has 2 N–H and O–H groups in total. The van der Waals surface area contributed by atoms with E-state index in [2.05, 4.69) is 10.4 Å². The first kappa shape index (κ1) is 21.1. The minimum Gasteiger partial charge on any atom is -0.495 e. The van der Waals surface area contributed by atoms with Crippen LogP contribution in [0.5, 0.6) is 5.75 Å². The molecule has 0 spiro atoms. The van der Waals surface area contributed by atoms with Gasteiger partial charge >= 0.3 is 18.0 Å². The molecule has 1 saturated carbocycles. The molecular formula is C19H22F3N3O4. The number of ether oxygens (including phenoxy) is 1. The summed E-state index contributed by atoms with van der Waals surface area (Å²) >= 11 is 0. The second-order valence-corrected chi connectivity index (χ2v) is 7.19. The standard InChI is InChI=1S/C19H22F3N3O4/c1-29-15-10-6-5-9-13(15)23-16(26)17(27)25-18(28,19(20,21)22)11-14(24-25)12-7-3-2-4-8-12/h5-6,9-10,12,28H,2-4,7-8,11H2,1H3,(H,23,26)/t18-/m0/s1. The van der Waals surface area contributed by atoms with Crippen molar-refractivity contribution >= 4 is 23.2 Å². The van der Waals surface area contributed by atoms with Gasteiger partial charge < -0.3 is 15.2 Å². The zero-order valence-corrected chi connectivity index (χ0v) is 15.8. The Morgan fingerprint density at radius 3 is 2.52 bits per heavy atom. The lowest BCUT2D eigenvalue weighted by molar-refractivity contribution is -0.301. The van der Waals surface area contributed by atoms with Crippen LogP contribution < -0.4 is 10.1 Å². The lowest BCUT2D eigenvalue weighted by Crippen LogP contribution is -2.58. The number of halogens is 3. The van der Waals surface area contributed by atoms with Crippen molar-refractivity contribution in [2.24, 2.45) is 11.0 Å². The number of hydrogen-bond acceptors (Lipinski definition) is 5. The maximum atomic E-state index is 13.6. The molecule has 0 unspecified atom stereocenters. The number of hydrazone groups is 1. The van der Waals surface area contributed by atoms with Crippen molar-refractivity contribution < 1.29 is 32.6 Å². The predicted octanol–water partition coefficient (Wildman–Crippen LogP) is 3.05. The zero-order valence-electron chi connectivity index (χ0n) is 15.8. The van der Waals surface area contributed by atoms with E-state index in [1.165, 1.54) is 19.2 Å². The van der Waals surface area contributed by atoms with E-state index in [1.807, 2.05) is 0 Å². The number of amides is 2. The molecule has 1 aromatic carbocycles. The van der Waals surface area contributed by atoms with Crippen LogP contribution in [-0.4, -0.2) is 46.7 Å². The van der Waals surface area contributed by atoms with Gasteiger partial charge in [0.25, 0.3) is 5.72 Å². The third-order valence-electron chi connectivity index (χ3n) is 5.28. The summed E-state index contributed by atoms with van der Waals surface area (Å²) in [6, 6.07) is 6.13. The number of para-hydroxylation sites is 2. The Kier molecular flexibility index (Phi) is 5.83. The number of benzene rings is 1. The second-order valence-electron chi connectivity index (χ2n) is 7.19. The van der Waals surface area contributed by atoms with Crippen LogP contribution in [0, 0.1) is 5.92 Å². The molecule has 2 amide bonds. The molecule has 1 heterocycles. The fourth-order valence-electron chi connectivity index (χ4n) is 3.69. The third-order valence-corrected chi connectivity index (χ3v) is 5.28.